The minimum Gasteiger partial charge on any atom is -0.433 e. The van der Waals surface area contributed by atoms with Crippen LogP contribution < -0.4 is 0 Å². The molecule has 0 aromatic carbocycles. The molecule has 0 amide bonds. The van der Waals surface area contributed by atoms with Crippen LogP contribution in [-0.2, 0) is 14.3 Å². The Morgan fingerprint density at radius 2 is 2.00 bits per heavy atom. The van der Waals surface area contributed by atoms with Crippen molar-refractivity contribution in [3.63, 3.8) is 0 Å². The number of hydrogen-bond acceptors (Lipinski definition) is 6. The monoisotopic (exact) mass is 261 g/mol. The molecule has 2 N–H and O–H groups in total. The Kier molecular flexibility index (Phi) is 6.56. The van der Waals surface area contributed by atoms with Crippen LogP contribution in [0.5, 0.6) is 0 Å². The van der Waals surface area contributed by atoms with E-state index in [9.17, 15) is 4.79 Å². The fourth-order valence-corrected chi connectivity index (χ4v) is 1.99. The van der Waals surface area contributed by atoms with Crippen molar-refractivity contribution in [3.05, 3.63) is 0 Å². The fourth-order valence-electron chi connectivity index (χ4n) is 1.99. The van der Waals surface area contributed by atoms with E-state index in [0.717, 1.165) is 12.8 Å². The molecule has 0 aliphatic carbocycles. The van der Waals surface area contributed by atoms with Gasteiger partial charge in [-0.05, 0) is 6.42 Å². The normalized spacial score (nSPS) is 23.6. The molecule has 0 saturated carbocycles. The van der Waals surface area contributed by atoms with E-state index in [0.29, 0.717) is 26.2 Å². The predicted molar refractivity (Wildman–Crippen MR) is 64.9 cm³/mol. The summed E-state index contributed by atoms with van der Waals surface area (Å²) in [4.78, 5) is 13.5. The number of rotatable bonds is 8. The first-order chi connectivity index (χ1) is 8.59. The van der Waals surface area contributed by atoms with Crippen LogP contribution >= 0.6 is 0 Å². The molecule has 6 heteroatoms. The van der Waals surface area contributed by atoms with Gasteiger partial charge < -0.3 is 19.7 Å². The van der Waals surface area contributed by atoms with Crippen molar-refractivity contribution in [2.45, 2.75) is 32.0 Å². The van der Waals surface area contributed by atoms with Gasteiger partial charge in [0.2, 0.25) is 5.79 Å². The van der Waals surface area contributed by atoms with Gasteiger partial charge in [-0.2, -0.15) is 0 Å². The third kappa shape index (κ3) is 5.30. The molecule has 0 aromatic rings. The van der Waals surface area contributed by atoms with Crippen molar-refractivity contribution in [3.8, 4) is 0 Å². The molecule has 0 spiro atoms. The molecule has 1 heterocycles. The Balaban J connectivity index is 2.26. The molecule has 0 aromatic heterocycles. The fraction of sp³-hybridized carbons (Fsp3) is 0.917. The average Bonchev–Trinajstić information content (AvgIpc) is 2.73. The van der Waals surface area contributed by atoms with Crippen LogP contribution in [-0.4, -0.2) is 66.3 Å². The summed E-state index contributed by atoms with van der Waals surface area (Å²) >= 11 is 0. The van der Waals surface area contributed by atoms with Gasteiger partial charge in [0.05, 0.1) is 26.2 Å². The van der Waals surface area contributed by atoms with Crippen molar-refractivity contribution in [1.82, 2.24) is 4.90 Å². The average molecular weight is 261 g/mol. The highest BCUT2D eigenvalue weighted by atomic mass is 16.7. The molecule has 106 valence electrons. The molecule has 1 saturated heterocycles. The largest absolute Gasteiger partial charge is 0.433 e. The smallest absolute Gasteiger partial charge is 0.309 e. The zero-order chi connectivity index (χ0) is 13.4. The lowest BCUT2D eigenvalue weighted by Gasteiger charge is -2.24. The molecule has 0 radical (unpaired) electrons. The molecule has 1 aliphatic heterocycles. The van der Waals surface area contributed by atoms with Gasteiger partial charge in [0.1, 0.15) is 0 Å². The van der Waals surface area contributed by atoms with Gasteiger partial charge >= 0.3 is 5.97 Å². The lowest BCUT2D eigenvalue weighted by molar-refractivity contribution is -0.206. The minimum atomic E-state index is -0.768. The zero-order valence-corrected chi connectivity index (χ0v) is 10.9. The van der Waals surface area contributed by atoms with E-state index in [1.165, 1.54) is 0 Å². The van der Waals surface area contributed by atoms with E-state index >= 15 is 0 Å². The van der Waals surface area contributed by atoms with E-state index in [2.05, 4.69) is 0 Å². The summed E-state index contributed by atoms with van der Waals surface area (Å²) in [5.41, 5.74) is 0. The predicted octanol–water partition coefficient (Wildman–Crippen LogP) is -0.267. The van der Waals surface area contributed by atoms with Crippen LogP contribution in [0.2, 0.25) is 0 Å². The molecule has 6 nitrogen and oxygen atoms in total. The first-order valence-electron chi connectivity index (χ1n) is 6.39. The summed E-state index contributed by atoms with van der Waals surface area (Å²) in [5, 5.41) is 17.7. The summed E-state index contributed by atoms with van der Waals surface area (Å²) < 4.78 is 10.7. The second-order valence-electron chi connectivity index (χ2n) is 4.60. The quantitative estimate of drug-likeness (QED) is 0.586. The van der Waals surface area contributed by atoms with Gasteiger partial charge in [-0.1, -0.05) is 0 Å². The van der Waals surface area contributed by atoms with Crippen LogP contribution in [0.15, 0.2) is 0 Å². The highest BCUT2D eigenvalue weighted by molar-refractivity contribution is 5.70. The summed E-state index contributed by atoms with van der Waals surface area (Å²) in [6.45, 7) is 3.78. The Labute approximate surface area is 107 Å². The van der Waals surface area contributed by atoms with Crippen LogP contribution in [0.4, 0.5) is 0 Å². The van der Waals surface area contributed by atoms with Gasteiger partial charge in [0.15, 0.2) is 0 Å². The SMILES string of the molecule is CC1(OC(=O)CCN(CCO)CCO)CCCO1. The van der Waals surface area contributed by atoms with Crippen molar-refractivity contribution in [1.29, 1.82) is 0 Å². The molecule has 1 fully saturated rings. The molecule has 0 bridgehead atoms. The summed E-state index contributed by atoms with van der Waals surface area (Å²) in [6.07, 6.45) is 1.87. The van der Waals surface area contributed by atoms with E-state index in [4.69, 9.17) is 19.7 Å². The van der Waals surface area contributed by atoms with Crippen LogP contribution in [0.3, 0.4) is 0 Å². The number of nitrogens with zero attached hydrogens (tertiary/aromatic N) is 1. The van der Waals surface area contributed by atoms with Crippen molar-refractivity contribution in [2.75, 3.05) is 39.5 Å². The Morgan fingerprint density at radius 1 is 1.33 bits per heavy atom. The Hall–Kier alpha value is -0.690. The number of ether oxygens (including phenoxy) is 2. The van der Waals surface area contributed by atoms with Crippen LogP contribution in [0.25, 0.3) is 0 Å². The molecule has 1 unspecified atom stereocenters. The van der Waals surface area contributed by atoms with E-state index in [1.54, 1.807) is 6.92 Å². The number of esters is 1. The Bertz CT molecular complexity index is 247. The van der Waals surface area contributed by atoms with Crippen molar-refractivity contribution in [2.24, 2.45) is 0 Å². The summed E-state index contributed by atoms with van der Waals surface area (Å²) in [5.74, 6) is -1.07. The van der Waals surface area contributed by atoms with E-state index in [1.807, 2.05) is 4.90 Å². The number of carbonyl (C=O) groups excluding carboxylic acids is 1. The topological polar surface area (TPSA) is 79.2 Å². The third-order valence-corrected chi connectivity index (χ3v) is 2.98. The summed E-state index contributed by atoms with van der Waals surface area (Å²) in [7, 11) is 0. The van der Waals surface area contributed by atoms with E-state index in [-0.39, 0.29) is 25.6 Å². The van der Waals surface area contributed by atoms with Crippen LogP contribution in [0, 0.1) is 0 Å². The molecule has 1 aliphatic rings. The standard InChI is InChI=1S/C12H23NO5/c1-12(4-2-10-17-12)18-11(16)3-5-13(6-8-14)7-9-15/h14-15H,2-10H2,1H3. The van der Waals surface area contributed by atoms with Gasteiger partial charge in [-0.15, -0.1) is 0 Å². The maximum Gasteiger partial charge on any atom is 0.309 e. The number of carbonyl (C=O) groups is 1. The van der Waals surface area contributed by atoms with Gasteiger partial charge in [-0.3, -0.25) is 9.69 Å². The summed E-state index contributed by atoms with van der Waals surface area (Å²) in [6, 6.07) is 0. The lowest BCUT2D eigenvalue weighted by Crippen LogP contribution is -2.35. The second-order valence-corrected chi connectivity index (χ2v) is 4.60. The third-order valence-electron chi connectivity index (χ3n) is 2.98. The molecule has 18 heavy (non-hydrogen) atoms. The van der Waals surface area contributed by atoms with Gasteiger partial charge in [0.25, 0.3) is 0 Å². The molecular formula is C12H23NO5. The van der Waals surface area contributed by atoms with Crippen molar-refractivity contribution >= 4 is 5.97 Å². The number of aliphatic hydroxyl groups excluding tert-OH is 2. The molecular weight excluding hydrogens is 238 g/mol. The van der Waals surface area contributed by atoms with Gasteiger partial charge in [0, 0.05) is 33.0 Å². The first-order valence-corrected chi connectivity index (χ1v) is 6.39. The second kappa shape index (κ2) is 7.68. The zero-order valence-electron chi connectivity index (χ0n) is 10.9. The first kappa shape index (κ1) is 15.4. The lowest BCUT2D eigenvalue weighted by atomic mass is 10.2. The highest BCUT2D eigenvalue weighted by Crippen LogP contribution is 2.26. The maximum atomic E-state index is 11.7. The van der Waals surface area contributed by atoms with Crippen LogP contribution in [0.1, 0.15) is 26.2 Å². The van der Waals surface area contributed by atoms with Gasteiger partial charge in [-0.25, -0.2) is 0 Å². The minimum absolute atomic E-state index is 0.00980. The molecule has 1 atom stereocenters. The molecule has 1 rings (SSSR count). The highest BCUT2D eigenvalue weighted by Gasteiger charge is 2.33. The Morgan fingerprint density at radius 3 is 2.50 bits per heavy atom. The van der Waals surface area contributed by atoms with Crippen molar-refractivity contribution < 1.29 is 24.5 Å². The number of aliphatic hydroxyl groups is 2. The maximum absolute atomic E-state index is 11.7. The van der Waals surface area contributed by atoms with E-state index < -0.39 is 5.79 Å². The number of hydrogen-bond donors (Lipinski definition) is 2.